The lowest BCUT2D eigenvalue weighted by Gasteiger charge is -2.10. The minimum Gasteiger partial charge on any atom is -0.507 e. The number of carbonyl (C=O) groups is 1. The van der Waals surface area contributed by atoms with E-state index in [4.69, 9.17) is 0 Å². The monoisotopic (exact) mass is 546 g/mol. The molecule has 0 aliphatic rings. The topological polar surface area (TPSA) is 80.0 Å². The van der Waals surface area contributed by atoms with Crippen molar-refractivity contribution in [1.29, 1.82) is 0 Å². The van der Waals surface area contributed by atoms with Crippen molar-refractivity contribution in [1.82, 2.24) is 14.8 Å². The molecule has 0 bridgehead atoms. The number of benzene rings is 3. The first-order valence-electron chi connectivity index (χ1n) is 8.92. The Morgan fingerprint density at radius 3 is 2.67 bits per heavy atom. The first-order valence-corrected chi connectivity index (χ1v) is 11.5. The van der Waals surface area contributed by atoms with Crippen molar-refractivity contribution >= 4 is 66.0 Å². The van der Waals surface area contributed by atoms with E-state index in [1.807, 2.05) is 36.4 Å². The van der Waals surface area contributed by atoms with Crippen LogP contribution in [0.1, 0.15) is 0 Å². The Hall–Kier alpha value is -2.36. The van der Waals surface area contributed by atoms with E-state index in [2.05, 4.69) is 47.4 Å². The van der Waals surface area contributed by atoms with Gasteiger partial charge in [0.25, 0.3) is 0 Å². The van der Waals surface area contributed by atoms with Gasteiger partial charge in [-0.15, -0.1) is 10.2 Å². The molecule has 152 valence electrons. The number of nitrogens with zero attached hydrogens (tertiary/aromatic N) is 3. The molecular weight excluding hydrogens is 532 g/mol. The number of phenols is 1. The van der Waals surface area contributed by atoms with Gasteiger partial charge in [-0.2, -0.15) is 0 Å². The summed E-state index contributed by atoms with van der Waals surface area (Å²) in [6.07, 6.45) is 0. The number of thioether (sulfide) groups is 1. The normalized spacial score (nSPS) is 11.0. The summed E-state index contributed by atoms with van der Waals surface area (Å²) in [5.74, 6) is 0.684. The molecule has 0 spiro atoms. The molecule has 0 saturated carbocycles. The standard InChI is InChI=1S/C21H16Br2N4O2S/c1-27-20(15-10-12(22)6-9-18(15)28)25-26-21(27)30-11-19(29)24-17-8-7-16(23)13-4-2-3-5-14(13)17/h2-10,28H,11H2,1H3,(H,24,29). The van der Waals surface area contributed by atoms with E-state index < -0.39 is 0 Å². The van der Waals surface area contributed by atoms with Crippen LogP contribution in [0.15, 0.2) is 68.7 Å². The van der Waals surface area contributed by atoms with Gasteiger partial charge in [-0.05, 0) is 35.7 Å². The van der Waals surface area contributed by atoms with Gasteiger partial charge in [0.2, 0.25) is 5.91 Å². The highest BCUT2D eigenvalue weighted by Crippen LogP contribution is 2.33. The van der Waals surface area contributed by atoms with Gasteiger partial charge < -0.3 is 15.0 Å². The zero-order valence-electron chi connectivity index (χ0n) is 15.8. The van der Waals surface area contributed by atoms with Gasteiger partial charge in [0, 0.05) is 27.1 Å². The van der Waals surface area contributed by atoms with Crippen molar-refractivity contribution in [3.8, 4) is 17.1 Å². The summed E-state index contributed by atoms with van der Waals surface area (Å²) < 4.78 is 3.57. The fourth-order valence-corrected chi connectivity index (χ4v) is 4.60. The SMILES string of the molecule is Cn1c(SCC(=O)Nc2ccc(Br)c3ccccc23)nnc1-c1cc(Br)ccc1O. The minimum atomic E-state index is -0.137. The third-order valence-electron chi connectivity index (χ3n) is 4.51. The Kier molecular flexibility index (Phi) is 6.12. The summed E-state index contributed by atoms with van der Waals surface area (Å²) in [5, 5.41) is 24.0. The average molecular weight is 548 g/mol. The third-order valence-corrected chi connectivity index (χ3v) is 6.72. The van der Waals surface area contributed by atoms with E-state index >= 15 is 0 Å². The third kappa shape index (κ3) is 4.23. The van der Waals surface area contributed by atoms with Gasteiger partial charge in [-0.1, -0.05) is 67.9 Å². The molecular formula is C21H16Br2N4O2S. The average Bonchev–Trinajstić information content (AvgIpc) is 3.11. The van der Waals surface area contributed by atoms with Crippen LogP contribution < -0.4 is 5.32 Å². The zero-order chi connectivity index (χ0) is 21.3. The van der Waals surface area contributed by atoms with Crippen molar-refractivity contribution in [2.75, 3.05) is 11.1 Å². The van der Waals surface area contributed by atoms with E-state index in [9.17, 15) is 9.90 Å². The van der Waals surface area contributed by atoms with Crippen molar-refractivity contribution in [2.45, 2.75) is 5.16 Å². The van der Waals surface area contributed by atoms with Crippen LogP contribution in [0.3, 0.4) is 0 Å². The van der Waals surface area contributed by atoms with Crippen LogP contribution in [0, 0.1) is 0 Å². The Morgan fingerprint density at radius 1 is 1.10 bits per heavy atom. The summed E-state index contributed by atoms with van der Waals surface area (Å²) in [4.78, 5) is 12.6. The van der Waals surface area contributed by atoms with Crippen LogP contribution >= 0.6 is 43.6 Å². The Morgan fingerprint density at radius 2 is 1.87 bits per heavy atom. The van der Waals surface area contributed by atoms with Gasteiger partial charge in [0.1, 0.15) is 5.75 Å². The van der Waals surface area contributed by atoms with Crippen molar-refractivity contribution in [2.24, 2.45) is 7.05 Å². The van der Waals surface area contributed by atoms with Crippen LogP contribution in [0.2, 0.25) is 0 Å². The number of carbonyl (C=O) groups excluding carboxylic acids is 1. The maximum atomic E-state index is 12.6. The number of rotatable bonds is 5. The van der Waals surface area contributed by atoms with Crippen molar-refractivity contribution in [3.63, 3.8) is 0 Å². The Balaban J connectivity index is 1.49. The molecule has 4 aromatic rings. The molecule has 0 atom stereocenters. The molecule has 3 aromatic carbocycles. The van der Waals surface area contributed by atoms with Crippen LogP contribution in [0.4, 0.5) is 5.69 Å². The first kappa shape index (κ1) is 20.9. The summed E-state index contributed by atoms with van der Waals surface area (Å²) in [7, 11) is 1.80. The lowest BCUT2D eigenvalue weighted by atomic mass is 10.1. The highest BCUT2D eigenvalue weighted by Gasteiger charge is 2.16. The molecule has 0 unspecified atom stereocenters. The lowest BCUT2D eigenvalue weighted by molar-refractivity contribution is -0.113. The number of nitrogens with one attached hydrogen (secondary N) is 1. The molecule has 9 heteroatoms. The quantitative estimate of drug-likeness (QED) is 0.318. The molecule has 1 amide bonds. The maximum absolute atomic E-state index is 12.6. The molecule has 4 rings (SSSR count). The molecule has 0 radical (unpaired) electrons. The second kappa shape index (κ2) is 8.79. The Bertz CT molecular complexity index is 1260. The molecule has 0 fully saturated rings. The number of fused-ring (bicyclic) bond motifs is 1. The largest absolute Gasteiger partial charge is 0.507 e. The number of hydrogen-bond acceptors (Lipinski definition) is 5. The molecule has 1 aromatic heterocycles. The first-order chi connectivity index (χ1) is 14.4. The number of anilines is 1. The highest BCUT2D eigenvalue weighted by atomic mass is 79.9. The highest BCUT2D eigenvalue weighted by molar-refractivity contribution is 9.11. The molecule has 6 nitrogen and oxygen atoms in total. The minimum absolute atomic E-state index is 0.116. The van der Waals surface area contributed by atoms with Crippen molar-refractivity contribution in [3.05, 3.63) is 63.5 Å². The van der Waals surface area contributed by atoms with Gasteiger partial charge in [0.05, 0.1) is 11.3 Å². The summed E-state index contributed by atoms with van der Waals surface area (Å²) >= 11 is 8.22. The molecule has 0 aliphatic carbocycles. The summed E-state index contributed by atoms with van der Waals surface area (Å²) in [5.41, 5.74) is 1.33. The van der Waals surface area contributed by atoms with E-state index in [-0.39, 0.29) is 17.4 Å². The molecule has 30 heavy (non-hydrogen) atoms. The van der Waals surface area contributed by atoms with Gasteiger partial charge in [-0.25, -0.2) is 0 Å². The number of amides is 1. The predicted molar refractivity (Wildman–Crippen MR) is 127 cm³/mol. The van der Waals surface area contributed by atoms with Crippen LogP contribution in [0.25, 0.3) is 22.2 Å². The lowest BCUT2D eigenvalue weighted by Crippen LogP contribution is -2.14. The number of aromatic nitrogens is 3. The second-order valence-electron chi connectivity index (χ2n) is 6.50. The number of halogens is 2. The predicted octanol–water partition coefficient (Wildman–Crippen LogP) is 5.60. The van der Waals surface area contributed by atoms with Crippen LogP contribution in [-0.2, 0) is 11.8 Å². The van der Waals surface area contributed by atoms with Crippen LogP contribution in [-0.4, -0.2) is 31.5 Å². The van der Waals surface area contributed by atoms with Gasteiger partial charge >= 0.3 is 0 Å². The van der Waals surface area contributed by atoms with Gasteiger partial charge in [-0.3, -0.25) is 4.79 Å². The Labute approximate surface area is 194 Å². The molecule has 2 N–H and O–H groups in total. The molecule has 1 heterocycles. The van der Waals surface area contributed by atoms with Gasteiger partial charge in [0.15, 0.2) is 11.0 Å². The number of phenolic OH excluding ortho intramolecular Hbond substituents is 1. The molecule has 0 aliphatic heterocycles. The fourth-order valence-electron chi connectivity index (χ4n) is 3.05. The second-order valence-corrected chi connectivity index (χ2v) is 9.22. The summed E-state index contributed by atoms with van der Waals surface area (Å²) in [6.45, 7) is 0. The van der Waals surface area contributed by atoms with E-state index in [1.165, 1.54) is 11.8 Å². The van der Waals surface area contributed by atoms with E-state index in [0.717, 1.165) is 25.4 Å². The smallest absolute Gasteiger partial charge is 0.234 e. The summed E-state index contributed by atoms with van der Waals surface area (Å²) in [6, 6.07) is 16.8. The number of aromatic hydroxyl groups is 1. The van der Waals surface area contributed by atoms with E-state index in [0.29, 0.717) is 16.5 Å². The van der Waals surface area contributed by atoms with Crippen molar-refractivity contribution < 1.29 is 9.90 Å². The molecule has 0 saturated heterocycles. The van der Waals surface area contributed by atoms with E-state index in [1.54, 1.807) is 29.8 Å². The number of hydrogen-bond donors (Lipinski definition) is 2. The van der Waals surface area contributed by atoms with Crippen LogP contribution in [0.5, 0.6) is 5.75 Å². The fraction of sp³-hybridized carbons (Fsp3) is 0.0952. The maximum Gasteiger partial charge on any atom is 0.234 e. The zero-order valence-corrected chi connectivity index (χ0v) is 19.8.